The lowest BCUT2D eigenvalue weighted by atomic mass is 9.73. The molecule has 0 spiro atoms. The Morgan fingerprint density at radius 2 is 1.24 bits per heavy atom. The van der Waals surface area contributed by atoms with E-state index in [2.05, 4.69) is 41.5 Å². The van der Waals surface area contributed by atoms with Crippen LogP contribution in [0.25, 0.3) is 0 Å². The second kappa shape index (κ2) is 6.83. The van der Waals surface area contributed by atoms with E-state index in [9.17, 15) is 10.2 Å². The summed E-state index contributed by atoms with van der Waals surface area (Å²) in [5.41, 5.74) is 2.67. The number of aromatic hydroxyl groups is 1. The summed E-state index contributed by atoms with van der Waals surface area (Å²) in [4.78, 5) is 0. The molecule has 0 fully saturated rings. The molecule has 2 heteroatoms. The Kier molecular flexibility index (Phi) is 5.86. The van der Waals surface area contributed by atoms with Gasteiger partial charge in [-0.1, -0.05) is 54.4 Å². The Morgan fingerprint density at radius 1 is 0.857 bits per heavy atom. The predicted molar refractivity (Wildman–Crippen MR) is 89.9 cm³/mol. The molecule has 1 rings (SSSR count). The number of benzene rings is 1. The summed E-state index contributed by atoms with van der Waals surface area (Å²) in [5.74, 6) is 0.420. The minimum atomic E-state index is -0.0823. The first-order valence-corrected chi connectivity index (χ1v) is 8.17. The van der Waals surface area contributed by atoms with Crippen molar-refractivity contribution in [2.24, 2.45) is 0 Å². The maximum absolute atomic E-state index is 10.9. The highest BCUT2D eigenvalue weighted by molar-refractivity contribution is 5.50. The minimum absolute atomic E-state index is 0.0185. The molecule has 0 radical (unpaired) electrons. The van der Waals surface area contributed by atoms with Crippen molar-refractivity contribution in [2.75, 3.05) is 0 Å². The SMILES string of the molecule is CCCC(C)(C)c1cc(CO)cc(C(C)(C)CCC)c1O. The molecule has 0 unspecified atom stereocenters. The van der Waals surface area contributed by atoms with Crippen LogP contribution < -0.4 is 0 Å². The quantitative estimate of drug-likeness (QED) is 0.739. The van der Waals surface area contributed by atoms with Crippen molar-refractivity contribution in [2.45, 2.75) is 84.7 Å². The molecule has 0 saturated carbocycles. The van der Waals surface area contributed by atoms with Crippen molar-refractivity contribution in [3.05, 3.63) is 28.8 Å². The van der Waals surface area contributed by atoms with Crippen LogP contribution in [0.1, 0.15) is 83.9 Å². The van der Waals surface area contributed by atoms with Gasteiger partial charge in [-0.2, -0.15) is 0 Å². The van der Waals surface area contributed by atoms with Gasteiger partial charge in [0.1, 0.15) is 5.75 Å². The summed E-state index contributed by atoms with van der Waals surface area (Å²) < 4.78 is 0. The predicted octanol–water partition coefficient (Wildman–Crippen LogP) is 5.04. The van der Waals surface area contributed by atoms with Gasteiger partial charge in [0.2, 0.25) is 0 Å². The second-order valence-electron chi connectivity index (χ2n) is 7.47. The van der Waals surface area contributed by atoms with Gasteiger partial charge in [0, 0.05) is 11.1 Å². The number of aliphatic hydroxyl groups is 1. The molecule has 0 atom stereocenters. The molecule has 0 heterocycles. The van der Waals surface area contributed by atoms with E-state index in [-0.39, 0.29) is 17.4 Å². The minimum Gasteiger partial charge on any atom is -0.507 e. The molecule has 2 nitrogen and oxygen atoms in total. The largest absolute Gasteiger partial charge is 0.507 e. The molecule has 2 N–H and O–H groups in total. The van der Waals surface area contributed by atoms with E-state index in [1.807, 2.05) is 12.1 Å². The van der Waals surface area contributed by atoms with Gasteiger partial charge < -0.3 is 10.2 Å². The third-order valence-corrected chi connectivity index (χ3v) is 4.56. The van der Waals surface area contributed by atoms with Gasteiger partial charge in [0.25, 0.3) is 0 Å². The van der Waals surface area contributed by atoms with Crippen molar-refractivity contribution >= 4 is 0 Å². The zero-order valence-corrected chi connectivity index (χ0v) is 14.6. The molecule has 0 aliphatic heterocycles. The van der Waals surface area contributed by atoms with Crippen molar-refractivity contribution in [3.8, 4) is 5.75 Å². The molecular weight excluding hydrogens is 260 g/mol. The van der Waals surface area contributed by atoms with Crippen LogP contribution in [0.15, 0.2) is 12.1 Å². The summed E-state index contributed by atoms with van der Waals surface area (Å²) in [7, 11) is 0. The van der Waals surface area contributed by atoms with Gasteiger partial charge in [-0.25, -0.2) is 0 Å². The maximum atomic E-state index is 10.9. The number of hydrogen-bond acceptors (Lipinski definition) is 2. The number of phenolic OH excluding ortho intramolecular Hbond substituents is 1. The third-order valence-electron chi connectivity index (χ3n) is 4.56. The van der Waals surface area contributed by atoms with Crippen LogP contribution in [0.5, 0.6) is 5.75 Å². The fraction of sp³-hybridized carbons (Fsp3) is 0.684. The summed E-state index contributed by atoms with van der Waals surface area (Å²) in [6, 6.07) is 3.94. The normalized spacial score (nSPS) is 12.7. The van der Waals surface area contributed by atoms with E-state index < -0.39 is 0 Å². The Balaban J connectivity index is 3.47. The molecule has 0 amide bonds. The van der Waals surface area contributed by atoms with Crippen LogP contribution >= 0.6 is 0 Å². The molecule has 0 saturated heterocycles. The van der Waals surface area contributed by atoms with Crippen LogP contribution in [0.3, 0.4) is 0 Å². The van der Waals surface area contributed by atoms with E-state index >= 15 is 0 Å². The first-order chi connectivity index (χ1) is 9.69. The number of aliphatic hydroxyl groups excluding tert-OH is 1. The summed E-state index contributed by atoms with van der Waals surface area (Å²) >= 11 is 0. The molecular formula is C19H32O2. The van der Waals surface area contributed by atoms with Crippen molar-refractivity contribution in [3.63, 3.8) is 0 Å². The molecule has 21 heavy (non-hydrogen) atoms. The smallest absolute Gasteiger partial charge is 0.123 e. The van der Waals surface area contributed by atoms with Gasteiger partial charge in [-0.05, 0) is 41.4 Å². The van der Waals surface area contributed by atoms with Gasteiger partial charge in [-0.15, -0.1) is 0 Å². The number of hydrogen-bond donors (Lipinski definition) is 2. The van der Waals surface area contributed by atoms with E-state index in [0.29, 0.717) is 5.75 Å². The topological polar surface area (TPSA) is 40.5 Å². The first kappa shape index (κ1) is 18.0. The van der Waals surface area contributed by atoms with Crippen LogP contribution in [0.4, 0.5) is 0 Å². The maximum Gasteiger partial charge on any atom is 0.123 e. The Hall–Kier alpha value is -1.02. The fourth-order valence-corrected chi connectivity index (χ4v) is 3.34. The summed E-state index contributed by atoms with van der Waals surface area (Å²) in [6.45, 7) is 13.0. The number of phenols is 1. The molecule has 0 bridgehead atoms. The summed E-state index contributed by atoms with van der Waals surface area (Å²) in [6.07, 6.45) is 4.18. The van der Waals surface area contributed by atoms with Gasteiger partial charge in [0.05, 0.1) is 6.61 Å². The van der Waals surface area contributed by atoms with Crippen LogP contribution in [0.2, 0.25) is 0 Å². The highest BCUT2D eigenvalue weighted by Crippen LogP contribution is 2.43. The molecule has 0 aliphatic rings. The standard InChI is InChI=1S/C19H32O2/c1-7-9-18(3,4)15-11-14(13-20)12-16(17(15)21)19(5,6)10-8-2/h11-12,20-21H,7-10,13H2,1-6H3. The van der Waals surface area contributed by atoms with Crippen molar-refractivity contribution in [1.82, 2.24) is 0 Å². The van der Waals surface area contributed by atoms with Crippen LogP contribution in [-0.4, -0.2) is 10.2 Å². The van der Waals surface area contributed by atoms with Crippen molar-refractivity contribution in [1.29, 1.82) is 0 Å². The number of rotatable bonds is 7. The molecule has 0 aliphatic carbocycles. The summed E-state index contributed by atoms with van der Waals surface area (Å²) in [5, 5.41) is 20.4. The van der Waals surface area contributed by atoms with E-state index in [4.69, 9.17) is 0 Å². The lowest BCUT2D eigenvalue weighted by Gasteiger charge is -2.32. The molecule has 120 valence electrons. The zero-order valence-electron chi connectivity index (χ0n) is 14.6. The average Bonchev–Trinajstić information content (AvgIpc) is 2.38. The van der Waals surface area contributed by atoms with Crippen molar-refractivity contribution < 1.29 is 10.2 Å². The Morgan fingerprint density at radius 3 is 1.52 bits per heavy atom. The molecule has 1 aromatic carbocycles. The Bertz CT molecular complexity index is 433. The van der Waals surface area contributed by atoms with Gasteiger partial charge in [-0.3, -0.25) is 0 Å². The zero-order chi connectivity index (χ0) is 16.3. The molecule has 1 aromatic rings. The lowest BCUT2D eigenvalue weighted by Crippen LogP contribution is -2.22. The van der Waals surface area contributed by atoms with Crippen LogP contribution in [0, 0.1) is 0 Å². The second-order valence-corrected chi connectivity index (χ2v) is 7.47. The first-order valence-electron chi connectivity index (χ1n) is 8.17. The van der Waals surface area contributed by atoms with E-state index in [0.717, 1.165) is 42.4 Å². The lowest BCUT2D eigenvalue weighted by molar-refractivity contribution is 0.280. The third kappa shape index (κ3) is 4.00. The van der Waals surface area contributed by atoms with E-state index in [1.165, 1.54) is 0 Å². The van der Waals surface area contributed by atoms with Crippen LogP contribution in [-0.2, 0) is 17.4 Å². The molecule has 0 aromatic heterocycles. The van der Waals surface area contributed by atoms with E-state index in [1.54, 1.807) is 0 Å². The average molecular weight is 292 g/mol. The Labute approximate surface area is 130 Å². The highest BCUT2D eigenvalue weighted by Gasteiger charge is 2.30. The monoisotopic (exact) mass is 292 g/mol. The van der Waals surface area contributed by atoms with Gasteiger partial charge in [0.15, 0.2) is 0 Å². The van der Waals surface area contributed by atoms with Gasteiger partial charge >= 0.3 is 0 Å². The fourth-order valence-electron chi connectivity index (χ4n) is 3.34. The highest BCUT2D eigenvalue weighted by atomic mass is 16.3.